The highest BCUT2D eigenvalue weighted by Gasteiger charge is 2.23. The average molecular weight is 268 g/mol. The van der Waals surface area contributed by atoms with Gasteiger partial charge in [0.2, 0.25) is 10.0 Å². The molecule has 5 nitrogen and oxygen atoms in total. The first kappa shape index (κ1) is 15.8. The molecule has 0 saturated heterocycles. The molecule has 0 amide bonds. The maximum absolute atomic E-state index is 11.5. The lowest BCUT2D eigenvalue weighted by atomic mass is 9.94. The van der Waals surface area contributed by atoms with Crippen molar-refractivity contribution in [1.29, 1.82) is 0 Å². The van der Waals surface area contributed by atoms with E-state index in [1.807, 2.05) is 6.92 Å². The third-order valence-corrected chi connectivity index (χ3v) is 3.94. The minimum atomic E-state index is -3.31. The quantitative estimate of drug-likeness (QED) is 0.487. The van der Waals surface area contributed by atoms with Crippen LogP contribution in [-0.2, 0) is 14.8 Å². The van der Waals surface area contributed by atoms with Gasteiger partial charge in [-0.05, 0) is 6.92 Å². The topological polar surface area (TPSA) is 81.4 Å². The molecule has 16 heavy (non-hydrogen) atoms. The number of hydrogen-bond donors (Lipinski definition) is 2. The second-order valence-electron chi connectivity index (χ2n) is 4.09. The van der Waals surface area contributed by atoms with Gasteiger partial charge in [0.15, 0.2) is 0 Å². The predicted molar refractivity (Wildman–Crippen MR) is 68.8 cm³/mol. The fourth-order valence-corrected chi connectivity index (χ4v) is 1.90. The monoisotopic (exact) mass is 268 g/mol. The van der Waals surface area contributed by atoms with Crippen LogP contribution in [-0.4, -0.2) is 38.9 Å². The molecule has 0 atom stereocenters. The second-order valence-corrected chi connectivity index (χ2v) is 6.45. The van der Waals surface area contributed by atoms with Gasteiger partial charge in [-0.15, -0.1) is 0 Å². The van der Waals surface area contributed by atoms with Gasteiger partial charge in [-0.3, -0.25) is 0 Å². The molecule has 0 saturated carbocycles. The Kier molecular flexibility index (Phi) is 6.39. The predicted octanol–water partition coefficient (Wildman–Crippen LogP) is 0.255. The molecule has 0 aliphatic carbocycles. The minimum absolute atomic E-state index is 0.0474. The Balaban J connectivity index is 4.14. The summed E-state index contributed by atoms with van der Waals surface area (Å²) in [6, 6.07) is 0. The fraction of sp³-hybridized carbons (Fsp3) is 0.889. The summed E-state index contributed by atoms with van der Waals surface area (Å²) in [5.41, 5.74) is 4.97. The standard InChI is InChI=1S/C9H20N2O3S2/c1-4-14-5-6-16(12,13)11-7-9(2,3)8(10)15/h11H,4-7H2,1-3H3,(H2,10,15). The van der Waals surface area contributed by atoms with Gasteiger partial charge >= 0.3 is 0 Å². The summed E-state index contributed by atoms with van der Waals surface area (Å²) in [6.45, 7) is 6.31. The molecule has 7 heteroatoms. The lowest BCUT2D eigenvalue weighted by Crippen LogP contribution is -2.42. The minimum Gasteiger partial charge on any atom is -0.393 e. The molecule has 3 N–H and O–H groups in total. The number of nitrogens with one attached hydrogen (secondary N) is 1. The first-order valence-electron chi connectivity index (χ1n) is 5.06. The van der Waals surface area contributed by atoms with Crippen molar-refractivity contribution in [1.82, 2.24) is 4.72 Å². The number of hydrogen-bond acceptors (Lipinski definition) is 4. The van der Waals surface area contributed by atoms with Crippen LogP contribution >= 0.6 is 12.2 Å². The van der Waals surface area contributed by atoms with Crippen LogP contribution in [0.2, 0.25) is 0 Å². The van der Waals surface area contributed by atoms with Gasteiger partial charge in [0.05, 0.1) is 17.3 Å². The van der Waals surface area contributed by atoms with Crippen molar-refractivity contribution < 1.29 is 13.2 Å². The summed E-state index contributed by atoms with van der Waals surface area (Å²) in [5, 5.41) is 0. The van der Waals surface area contributed by atoms with Crippen LogP contribution in [0.1, 0.15) is 20.8 Å². The maximum atomic E-state index is 11.5. The first-order valence-corrected chi connectivity index (χ1v) is 7.12. The Bertz CT molecular complexity index is 326. The van der Waals surface area contributed by atoms with Crippen molar-refractivity contribution in [2.45, 2.75) is 20.8 Å². The summed E-state index contributed by atoms with van der Waals surface area (Å²) in [5.74, 6) is -0.0474. The molecule has 0 rings (SSSR count). The van der Waals surface area contributed by atoms with Gasteiger partial charge in [-0.25, -0.2) is 13.1 Å². The van der Waals surface area contributed by atoms with Crippen molar-refractivity contribution >= 4 is 27.2 Å². The Morgan fingerprint density at radius 2 is 2.06 bits per heavy atom. The van der Waals surface area contributed by atoms with Crippen molar-refractivity contribution in [2.75, 3.05) is 25.5 Å². The van der Waals surface area contributed by atoms with E-state index in [0.29, 0.717) is 11.6 Å². The molecule has 0 fully saturated rings. The molecule has 0 aromatic carbocycles. The largest absolute Gasteiger partial charge is 0.393 e. The molecule has 0 bridgehead atoms. The van der Waals surface area contributed by atoms with E-state index in [4.69, 9.17) is 22.7 Å². The number of ether oxygens (including phenoxy) is 1. The zero-order chi connectivity index (χ0) is 12.8. The molecule has 0 aromatic heterocycles. The summed E-state index contributed by atoms with van der Waals surface area (Å²) < 4.78 is 30.4. The highest BCUT2D eigenvalue weighted by atomic mass is 32.2. The molecular weight excluding hydrogens is 248 g/mol. The van der Waals surface area contributed by atoms with Crippen molar-refractivity contribution in [3.05, 3.63) is 0 Å². The molecule has 0 aromatic rings. The van der Waals surface area contributed by atoms with Crippen molar-refractivity contribution in [3.8, 4) is 0 Å². The zero-order valence-corrected chi connectivity index (χ0v) is 11.6. The van der Waals surface area contributed by atoms with Gasteiger partial charge in [0, 0.05) is 18.6 Å². The van der Waals surface area contributed by atoms with Crippen LogP contribution in [0.5, 0.6) is 0 Å². The molecule has 0 aliphatic heterocycles. The van der Waals surface area contributed by atoms with E-state index in [1.165, 1.54) is 0 Å². The van der Waals surface area contributed by atoms with E-state index in [-0.39, 0.29) is 18.9 Å². The second kappa shape index (κ2) is 6.48. The zero-order valence-electron chi connectivity index (χ0n) is 9.95. The lowest BCUT2D eigenvalue weighted by molar-refractivity contribution is 0.163. The van der Waals surface area contributed by atoms with Crippen LogP contribution < -0.4 is 10.5 Å². The highest BCUT2D eigenvalue weighted by Crippen LogP contribution is 2.13. The number of thiocarbonyl (C=S) groups is 1. The van der Waals surface area contributed by atoms with Crippen LogP contribution in [0.3, 0.4) is 0 Å². The van der Waals surface area contributed by atoms with Gasteiger partial charge in [-0.2, -0.15) is 0 Å². The highest BCUT2D eigenvalue weighted by molar-refractivity contribution is 7.89. The third-order valence-electron chi connectivity index (χ3n) is 2.10. The summed E-state index contributed by atoms with van der Waals surface area (Å²) in [4.78, 5) is 0.292. The molecule has 0 aliphatic rings. The molecule has 0 spiro atoms. The summed E-state index contributed by atoms with van der Waals surface area (Å²) >= 11 is 4.84. The Hall–Kier alpha value is -0.240. The fourth-order valence-electron chi connectivity index (χ4n) is 0.763. The van der Waals surface area contributed by atoms with E-state index in [1.54, 1.807) is 13.8 Å². The van der Waals surface area contributed by atoms with Gasteiger partial charge in [-0.1, -0.05) is 26.1 Å². The van der Waals surface area contributed by atoms with Crippen LogP contribution in [0.4, 0.5) is 0 Å². The van der Waals surface area contributed by atoms with Crippen LogP contribution in [0, 0.1) is 5.41 Å². The van der Waals surface area contributed by atoms with E-state index in [2.05, 4.69) is 4.72 Å². The molecule has 0 heterocycles. The number of nitrogens with two attached hydrogens (primary N) is 1. The molecule has 0 radical (unpaired) electrons. The number of rotatable bonds is 8. The SMILES string of the molecule is CCOCCS(=O)(=O)NCC(C)(C)C(N)=S. The molecular formula is C9H20N2O3S2. The third kappa shape index (κ3) is 6.37. The summed E-state index contributed by atoms with van der Waals surface area (Å²) in [7, 11) is -3.31. The number of sulfonamides is 1. The average Bonchev–Trinajstić information content (AvgIpc) is 2.15. The normalized spacial score (nSPS) is 12.7. The Morgan fingerprint density at radius 3 is 2.50 bits per heavy atom. The van der Waals surface area contributed by atoms with E-state index in [9.17, 15) is 8.42 Å². The van der Waals surface area contributed by atoms with Crippen LogP contribution in [0.25, 0.3) is 0 Å². The maximum Gasteiger partial charge on any atom is 0.213 e. The van der Waals surface area contributed by atoms with E-state index < -0.39 is 15.4 Å². The van der Waals surface area contributed by atoms with Crippen LogP contribution in [0.15, 0.2) is 0 Å². The van der Waals surface area contributed by atoms with E-state index >= 15 is 0 Å². The summed E-state index contributed by atoms with van der Waals surface area (Å²) in [6.07, 6.45) is 0. The van der Waals surface area contributed by atoms with Crippen molar-refractivity contribution in [2.24, 2.45) is 11.1 Å². The Labute approximate surface area is 103 Å². The first-order chi connectivity index (χ1) is 7.21. The smallest absolute Gasteiger partial charge is 0.213 e. The lowest BCUT2D eigenvalue weighted by Gasteiger charge is -2.23. The molecule has 96 valence electrons. The Morgan fingerprint density at radius 1 is 1.50 bits per heavy atom. The van der Waals surface area contributed by atoms with Crippen molar-refractivity contribution in [3.63, 3.8) is 0 Å². The van der Waals surface area contributed by atoms with Gasteiger partial charge < -0.3 is 10.5 Å². The van der Waals surface area contributed by atoms with Gasteiger partial charge in [0.1, 0.15) is 0 Å². The van der Waals surface area contributed by atoms with Gasteiger partial charge in [0.25, 0.3) is 0 Å². The molecule has 0 unspecified atom stereocenters. The van der Waals surface area contributed by atoms with E-state index in [0.717, 1.165) is 0 Å².